The Hall–Kier alpha value is -2.33. The maximum atomic E-state index is 12.2. The average molecular weight is 283 g/mol. The molecule has 1 N–H and O–H groups in total. The summed E-state index contributed by atoms with van der Waals surface area (Å²) in [5.74, 6) is 1.40. The fourth-order valence-electron chi connectivity index (χ4n) is 2.43. The van der Waals surface area contributed by atoms with Crippen LogP contribution in [0.5, 0.6) is 11.5 Å². The van der Waals surface area contributed by atoms with Gasteiger partial charge in [-0.2, -0.15) is 0 Å². The Morgan fingerprint density at radius 1 is 1.10 bits per heavy atom. The molecule has 0 saturated heterocycles. The van der Waals surface area contributed by atoms with E-state index in [1.165, 1.54) is 7.11 Å². The number of nitrogens with one attached hydrogen (secondary N) is 1. The first-order valence-corrected chi connectivity index (χ1v) is 6.89. The van der Waals surface area contributed by atoms with Crippen molar-refractivity contribution in [3.63, 3.8) is 0 Å². The van der Waals surface area contributed by atoms with Crippen LogP contribution in [-0.2, 0) is 9.53 Å². The van der Waals surface area contributed by atoms with Gasteiger partial charge >= 0.3 is 0 Å². The van der Waals surface area contributed by atoms with Crippen LogP contribution in [0.4, 0.5) is 0 Å². The molecule has 0 fully saturated rings. The fraction of sp³-hybridized carbons (Fsp3) is 0.235. The second kappa shape index (κ2) is 5.58. The van der Waals surface area contributed by atoms with Gasteiger partial charge in [0.15, 0.2) is 0 Å². The normalized spacial score (nSPS) is 14.6. The van der Waals surface area contributed by atoms with Gasteiger partial charge in [-0.3, -0.25) is 4.79 Å². The molecule has 21 heavy (non-hydrogen) atoms. The van der Waals surface area contributed by atoms with Crippen LogP contribution < -0.4 is 10.1 Å². The zero-order valence-corrected chi connectivity index (χ0v) is 12.0. The molecule has 108 valence electrons. The molecule has 1 aliphatic rings. The van der Waals surface area contributed by atoms with E-state index in [2.05, 4.69) is 5.32 Å². The summed E-state index contributed by atoms with van der Waals surface area (Å²) in [7, 11) is 1.52. The smallest absolute Gasteiger partial charge is 0.249 e. The third-order valence-electron chi connectivity index (χ3n) is 3.69. The molecular formula is C17H17NO3. The Morgan fingerprint density at radius 3 is 2.14 bits per heavy atom. The molecule has 0 aliphatic carbocycles. The molecule has 0 bridgehead atoms. The molecule has 1 heterocycles. The van der Waals surface area contributed by atoms with E-state index in [9.17, 15) is 4.79 Å². The minimum absolute atomic E-state index is 0.144. The van der Waals surface area contributed by atoms with Crippen molar-refractivity contribution >= 4 is 5.91 Å². The number of rotatable bonds is 3. The predicted octanol–water partition coefficient (Wildman–Crippen LogP) is 3.03. The lowest BCUT2D eigenvalue weighted by Crippen LogP contribution is -2.38. The van der Waals surface area contributed by atoms with Crippen molar-refractivity contribution in [3.8, 4) is 11.5 Å². The summed E-state index contributed by atoms with van der Waals surface area (Å²) in [4.78, 5) is 12.2. The van der Waals surface area contributed by atoms with E-state index < -0.39 is 6.10 Å². The van der Waals surface area contributed by atoms with E-state index in [-0.39, 0.29) is 11.9 Å². The largest absolute Gasteiger partial charge is 0.457 e. The van der Waals surface area contributed by atoms with Crippen LogP contribution in [0.2, 0.25) is 0 Å². The highest BCUT2D eigenvalue weighted by atomic mass is 16.5. The van der Waals surface area contributed by atoms with Crippen LogP contribution in [0, 0.1) is 0 Å². The van der Waals surface area contributed by atoms with E-state index in [4.69, 9.17) is 9.47 Å². The number of hydrogen-bond donors (Lipinski definition) is 1. The molecule has 2 aromatic rings. The van der Waals surface area contributed by atoms with Gasteiger partial charge in [-0.15, -0.1) is 0 Å². The Kier molecular flexibility index (Phi) is 3.62. The van der Waals surface area contributed by atoms with Crippen LogP contribution >= 0.6 is 0 Å². The Labute approximate surface area is 123 Å². The van der Waals surface area contributed by atoms with Gasteiger partial charge in [-0.05, 0) is 19.1 Å². The molecule has 1 unspecified atom stereocenters. The van der Waals surface area contributed by atoms with Crippen molar-refractivity contribution in [1.29, 1.82) is 0 Å². The number of ether oxygens (including phenoxy) is 2. The lowest BCUT2D eigenvalue weighted by Gasteiger charge is -2.29. The molecule has 1 atom stereocenters. The maximum absolute atomic E-state index is 12.2. The van der Waals surface area contributed by atoms with Gasteiger partial charge in [0.05, 0.1) is 6.04 Å². The first-order valence-electron chi connectivity index (χ1n) is 6.89. The lowest BCUT2D eigenvalue weighted by atomic mass is 9.94. The molecule has 1 amide bonds. The van der Waals surface area contributed by atoms with Gasteiger partial charge in [-0.1, -0.05) is 36.4 Å². The van der Waals surface area contributed by atoms with Gasteiger partial charge < -0.3 is 14.8 Å². The van der Waals surface area contributed by atoms with Crippen molar-refractivity contribution < 1.29 is 14.3 Å². The van der Waals surface area contributed by atoms with Gasteiger partial charge in [0.1, 0.15) is 17.6 Å². The van der Waals surface area contributed by atoms with Crippen LogP contribution in [0.1, 0.15) is 24.1 Å². The minimum atomic E-state index is -0.493. The van der Waals surface area contributed by atoms with Crippen molar-refractivity contribution in [2.75, 3.05) is 7.11 Å². The Balaban J connectivity index is 2.01. The molecule has 0 radical (unpaired) electrons. The number of carbonyl (C=O) groups is 1. The molecule has 0 aromatic heterocycles. The Morgan fingerprint density at radius 2 is 1.62 bits per heavy atom. The third-order valence-corrected chi connectivity index (χ3v) is 3.69. The number of methoxy groups -OCH3 is 1. The van der Waals surface area contributed by atoms with E-state index in [0.29, 0.717) is 0 Å². The molecule has 0 saturated carbocycles. The summed E-state index contributed by atoms with van der Waals surface area (Å²) in [6, 6.07) is 15.2. The minimum Gasteiger partial charge on any atom is -0.457 e. The van der Waals surface area contributed by atoms with E-state index in [1.54, 1.807) is 6.92 Å². The van der Waals surface area contributed by atoms with Crippen LogP contribution in [-0.4, -0.2) is 19.1 Å². The van der Waals surface area contributed by atoms with Gasteiger partial charge in [0, 0.05) is 18.2 Å². The molecule has 1 aliphatic heterocycles. The van der Waals surface area contributed by atoms with Crippen LogP contribution in [0.3, 0.4) is 0 Å². The highest BCUT2D eigenvalue weighted by molar-refractivity contribution is 5.81. The van der Waals surface area contributed by atoms with Gasteiger partial charge in [0.25, 0.3) is 0 Å². The summed E-state index contributed by atoms with van der Waals surface area (Å²) in [5, 5.41) is 3.04. The van der Waals surface area contributed by atoms with Crippen LogP contribution in [0.15, 0.2) is 48.5 Å². The second-order valence-electron chi connectivity index (χ2n) is 5.00. The number of para-hydroxylation sites is 2. The van der Waals surface area contributed by atoms with Crippen LogP contribution in [0.25, 0.3) is 0 Å². The summed E-state index contributed by atoms with van der Waals surface area (Å²) in [6.07, 6.45) is -0.493. The molecule has 4 nitrogen and oxygen atoms in total. The first-order chi connectivity index (χ1) is 10.2. The highest BCUT2D eigenvalue weighted by Gasteiger charge is 2.29. The standard InChI is InChI=1S/C17H17NO3/c1-11(20-2)17(19)18-16-12-7-3-5-9-14(12)21-15-10-6-4-8-13(15)16/h3-11,16H,1-2H3,(H,18,19). The zero-order valence-electron chi connectivity index (χ0n) is 12.0. The predicted molar refractivity (Wildman–Crippen MR) is 79.4 cm³/mol. The average Bonchev–Trinajstić information content (AvgIpc) is 2.53. The number of hydrogen-bond acceptors (Lipinski definition) is 3. The number of benzene rings is 2. The SMILES string of the molecule is COC(C)C(=O)NC1c2ccccc2Oc2ccccc21. The highest BCUT2D eigenvalue weighted by Crippen LogP contribution is 2.42. The molecule has 3 rings (SSSR count). The van der Waals surface area contributed by atoms with Crippen molar-refractivity contribution in [3.05, 3.63) is 59.7 Å². The van der Waals surface area contributed by atoms with Gasteiger partial charge in [0.2, 0.25) is 5.91 Å². The quantitative estimate of drug-likeness (QED) is 0.942. The summed E-state index contributed by atoms with van der Waals surface area (Å²) >= 11 is 0. The number of carbonyl (C=O) groups excluding carboxylic acids is 1. The summed E-state index contributed by atoms with van der Waals surface area (Å²) in [5.41, 5.74) is 1.90. The summed E-state index contributed by atoms with van der Waals surface area (Å²) < 4.78 is 11.0. The maximum Gasteiger partial charge on any atom is 0.249 e. The number of amides is 1. The van der Waals surface area contributed by atoms with E-state index >= 15 is 0 Å². The van der Waals surface area contributed by atoms with Crippen molar-refractivity contribution in [2.45, 2.75) is 19.1 Å². The number of fused-ring (bicyclic) bond motifs is 2. The monoisotopic (exact) mass is 283 g/mol. The second-order valence-corrected chi connectivity index (χ2v) is 5.00. The molecular weight excluding hydrogens is 266 g/mol. The fourth-order valence-corrected chi connectivity index (χ4v) is 2.43. The van der Waals surface area contributed by atoms with Gasteiger partial charge in [-0.25, -0.2) is 0 Å². The summed E-state index contributed by atoms with van der Waals surface area (Å²) in [6.45, 7) is 1.73. The third kappa shape index (κ3) is 2.50. The van der Waals surface area contributed by atoms with E-state index in [0.717, 1.165) is 22.6 Å². The van der Waals surface area contributed by atoms with Crippen molar-refractivity contribution in [1.82, 2.24) is 5.32 Å². The first kappa shape index (κ1) is 13.6. The van der Waals surface area contributed by atoms with E-state index in [1.807, 2.05) is 48.5 Å². The molecule has 0 spiro atoms. The van der Waals surface area contributed by atoms with Crippen molar-refractivity contribution in [2.24, 2.45) is 0 Å². The topological polar surface area (TPSA) is 47.6 Å². The molecule has 4 heteroatoms. The Bertz CT molecular complexity index is 623. The zero-order chi connectivity index (χ0) is 14.8. The lowest BCUT2D eigenvalue weighted by molar-refractivity contribution is -0.130. The molecule has 2 aromatic carbocycles.